The van der Waals surface area contributed by atoms with Crippen LogP contribution in [0.25, 0.3) is 0 Å². The van der Waals surface area contributed by atoms with Gasteiger partial charge in [0.1, 0.15) is 0 Å². The molecule has 0 saturated carbocycles. The Labute approximate surface area is 187 Å². The largest absolute Gasteiger partial charge is 0.391 e. The van der Waals surface area contributed by atoms with Gasteiger partial charge in [0.25, 0.3) is 0 Å². The van der Waals surface area contributed by atoms with Gasteiger partial charge < -0.3 is 10.4 Å². The lowest BCUT2D eigenvalue weighted by Gasteiger charge is -2.35. The number of sulfone groups is 1. The van der Waals surface area contributed by atoms with Crippen LogP contribution in [0.5, 0.6) is 0 Å². The summed E-state index contributed by atoms with van der Waals surface area (Å²) in [6, 6.07) is 10.8. The highest BCUT2D eigenvalue weighted by atomic mass is 32.2. The Bertz CT molecular complexity index is 1100. The van der Waals surface area contributed by atoms with E-state index < -0.39 is 44.3 Å². The van der Waals surface area contributed by atoms with Crippen LogP contribution in [0.1, 0.15) is 37.5 Å². The van der Waals surface area contributed by atoms with Crippen LogP contribution in [-0.4, -0.2) is 42.1 Å². The van der Waals surface area contributed by atoms with Crippen molar-refractivity contribution >= 4 is 15.5 Å². The molecule has 174 valence electrons. The molecule has 3 atom stereocenters. The second-order valence-corrected chi connectivity index (χ2v) is 11.7. The SMILES string of the molecule is CC(C)(C)c1cccc(CN[C@H]2CS(=O)(=O)C[C@@H](Cc3ccc([N+](=O)[O-])c(F)c3)[C@@H]2O)c1. The van der Waals surface area contributed by atoms with Crippen LogP contribution in [0.3, 0.4) is 0 Å². The molecule has 0 aromatic heterocycles. The molecule has 0 amide bonds. The Hall–Kier alpha value is -2.36. The fourth-order valence-electron chi connectivity index (χ4n) is 4.08. The number of aliphatic hydroxyl groups is 1. The summed E-state index contributed by atoms with van der Waals surface area (Å²) in [5.41, 5.74) is 1.90. The molecule has 1 saturated heterocycles. The molecule has 0 aliphatic carbocycles. The molecule has 2 aromatic carbocycles. The van der Waals surface area contributed by atoms with Gasteiger partial charge in [-0.2, -0.15) is 4.39 Å². The zero-order valence-corrected chi connectivity index (χ0v) is 19.2. The number of aliphatic hydroxyl groups excluding tert-OH is 1. The van der Waals surface area contributed by atoms with Crippen molar-refractivity contribution in [2.45, 2.75) is 51.3 Å². The van der Waals surface area contributed by atoms with Gasteiger partial charge in [-0.05, 0) is 34.6 Å². The average molecular weight is 465 g/mol. The first-order valence-electron chi connectivity index (χ1n) is 10.5. The first kappa shape index (κ1) is 24.3. The number of rotatable bonds is 6. The molecule has 0 radical (unpaired) electrons. The third-order valence-corrected chi connectivity index (χ3v) is 7.67. The van der Waals surface area contributed by atoms with E-state index in [2.05, 4.69) is 32.2 Å². The Morgan fingerprint density at radius 1 is 1.16 bits per heavy atom. The molecule has 1 fully saturated rings. The number of nitro benzene ring substituents is 1. The average Bonchev–Trinajstić information content (AvgIpc) is 2.68. The van der Waals surface area contributed by atoms with Crippen LogP contribution in [0.4, 0.5) is 10.1 Å². The van der Waals surface area contributed by atoms with Crippen molar-refractivity contribution in [2.75, 3.05) is 11.5 Å². The normalized spacial score (nSPS) is 23.1. The maximum Gasteiger partial charge on any atom is 0.304 e. The first-order valence-corrected chi connectivity index (χ1v) is 12.3. The van der Waals surface area contributed by atoms with Crippen molar-refractivity contribution in [2.24, 2.45) is 5.92 Å². The number of nitrogens with zero attached hydrogens (tertiary/aromatic N) is 1. The molecule has 0 bridgehead atoms. The predicted molar refractivity (Wildman–Crippen MR) is 121 cm³/mol. The summed E-state index contributed by atoms with van der Waals surface area (Å²) in [5, 5.41) is 24.9. The molecule has 7 nitrogen and oxygen atoms in total. The van der Waals surface area contributed by atoms with Gasteiger partial charge in [0.15, 0.2) is 9.84 Å². The van der Waals surface area contributed by atoms with Crippen molar-refractivity contribution < 1.29 is 22.8 Å². The fraction of sp³-hybridized carbons (Fsp3) is 0.478. The van der Waals surface area contributed by atoms with E-state index in [1.54, 1.807) is 0 Å². The van der Waals surface area contributed by atoms with Gasteiger partial charge in [0.05, 0.1) is 22.5 Å². The minimum atomic E-state index is -3.43. The minimum Gasteiger partial charge on any atom is -0.391 e. The van der Waals surface area contributed by atoms with Gasteiger partial charge in [-0.15, -0.1) is 0 Å². The van der Waals surface area contributed by atoms with E-state index in [0.717, 1.165) is 23.3 Å². The molecule has 0 spiro atoms. The van der Waals surface area contributed by atoms with Crippen molar-refractivity contribution in [1.82, 2.24) is 5.32 Å². The number of hydrogen-bond acceptors (Lipinski definition) is 6. The Kier molecular flexibility index (Phi) is 7.02. The summed E-state index contributed by atoms with van der Waals surface area (Å²) in [5.74, 6) is -2.02. The van der Waals surface area contributed by atoms with E-state index in [4.69, 9.17) is 0 Å². The van der Waals surface area contributed by atoms with Crippen LogP contribution < -0.4 is 5.32 Å². The summed E-state index contributed by atoms with van der Waals surface area (Å²) < 4.78 is 39.0. The second kappa shape index (κ2) is 9.25. The Balaban J connectivity index is 1.73. The monoisotopic (exact) mass is 464 g/mol. The third kappa shape index (κ3) is 5.90. The molecular formula is C23H29FN2O5S. The highest BCUT2D eigenvalue weighted by molar-refractivity contribution is 7.91. The van der Waals surface area contributed by atoms with Crippen molar-refractivity contribution in [3.8, 4) is 0 Å². The maximum atomic E-state index is 14.0. The zero-order chi connectivity index (χ0) is 23.7. The van der Waals surface area contributed by atoms with Crippen molar-refractivity contribution in [1.29, 1.82) is 0 Å². The number of nitro groups is 1. The van der Waals surface area contributed by atoms with Crippen LogP contribution in [0.15, 0.2) is 42.5 Å². The highest BCUT2D eigenvalue weighted by Gasteiger charge is 2.39. The summed E-state index contributed by atoms with van der Waals surface area (Å²) in [4.78, 5) is 9.99. The van der Waals surface area contributed by atoms with Crippen LogP contribution in [-0.2, 0) is 28.2 Å². The van der Waals surface area contributed by atoms with E-state index in [1.165, 1.54) is 6.07 Å². The third-order valence-electron chi connectivity index (χ3n) is 5.86. The van der Waals surface area contributed by atoms with E-state index in [0.29, 0.717) is 12.1 Å². The summed E-state index contributed by atoms with van der Waals surface area (Å²) in [6.07, 6.45) is -0.852. The van der Waals surface area contributed by atoms with Crippen molar-refractivity contribution in [3.63, 3.8) is 0 Å². The summed E-state index contributed by atoms with van der Waals surface area (Å²) >= 11 is 0. The van der Waals surface area contributed by atoms with E-state index >= 15 is 0 Å². The molecule has 0 unspecified atom stereocenters. The standard InChI is InChI=1S/C23H29FN2O5S/c1-23(2,3)18-6-4-5-16(10-18)12-25-20-14-32(30,31)13-17(22(20)27)9-15-7-8-21(26(28)29)19(24)11-15/h4-8,10-11,17,20,22,25,27H,9,12-14H2,1-3H3/t17-,20+,22+/m1/s1. The van der Waals surface area contributed by atoms with E-state index in [9.17, 15) is 28.0 Å². The molecule has 2 aromatic rings. The van der Waals surface area contributed by atoms with E-state index in [-0.39, 0.29) is 23.3 Å². The second-order valence-electron chi connectivity index (χ2n) is 9.51. The maximum absolute atomic E-state index is 14.0. The van der Waals surface area contributed by atoms with Gasteiger partial charge in [-0.3, -0.25) is 10.1 Å². The van der Waals surface area contributed by atoms with Crippen LogP contribution in [0.2, 0.25) is 0 Å². The van der Waals surface area contributed by atoms with Crippen LogP contribution in [0, 0.1) is 21.8 Å². The molecule has 1 heterocycles. The van der Waals surface area contributed by atoms with Gasteiger partial charge in [-0.25, -0.2) is 8.42 Å². The van der Waals surface area contributed by atoms with Gasteiger partial charge in [0.2, 0.25) is 5.82 Å². The summed E-state index contributed by atoms with van der Waals surface area (Å²) in [7, 11) is -3.43. The molecule has 32 heavy (non-hydrogen) atoms. The molecule has 1 aliphatic heterocycles. The van der Waals surface area contributed by atoms with Gasteiger partial charge >= 0.3 is 5.69 Å². The van der Waals surface area contributed by atoms with Crippen molar-refractivity contribution in [3.05, 3.63) is 75.1 Å². The number of nitrogens with one attached hydrogen (secondary N) is 1. The van der Waals surface area contributed by atoms with E-state index in [1.807, 2.05) is 18.2 Å². The van der Waals surface area contributed by atoms with Crippen LogP contribution >= 0.6 is 0 Å². The number of benzene rings is 2. The fourth-order valence-corrected chi connectivity index (χ4v) is 6.04. The van der Waals surface area contributed by atoms with Gasteiger partial charge in [0, 0.05) is 24.6 Å². The number of hydrogen-bond donors (Lipinski definition) is 2. The lowest BCUT2D eigenvalue weighted by molar-refractivity contribution is -0.387. The smallest absolute Gasteiger partial charge is 0.304 e. The quantitative estimate of drug-likeness (QED) is 0.502. The Morgan fingerprint density at radius 3 is 2.50 bits per heavy atom. The molecule has 3 rings (SSSR count). The molecule has 1 aliphatic rings. The number of halogens is 1. The predicted octanol–water partition coefficient (Wildman–Crippen LogP) is 3.14. The Morgan fingerprint density at radius 2 is 1.88 bits per heavy atom. The molecule has 9 heteroatoms. The van der Waals surface area contributed by atoms with Gasteiger partial charge in [-0.1, -0.05) is 51.1 Å². The molecular weight excluding hydrogens is 435 g/mol. The minimum absolute atomic E-state index is 0.0190. The lowest BCUT2D eigenvalue weighted by atomic mass is 9.86. The molecule has 2 N–H and O–H groups in total. The highest BCUT2D eigenvalue weighted by Crippen LogP contribution is 2.27. The summed E-state index contributed by atoms with van der Waals surface area (Å²) in [6.45, 7) is 6.74. The topological polar surface area (TPSA) is 110 Å². The zero-order valence-electron chi connectivity index (χ0n) is 18.4. The first-order chi connectivity index (χ1) is 14.9. The lowest BCUT2D eigenvalue weighted by Crippen LogP contribution is -2.54.